The Morgan fingerprint density at radius 2 is 1.53 bits per heavy atom. The molecular formula is C9H3F7O. The molecule has 0 unspecified atom stereocenters. The monoisotopic (exact) mass is 260 g/mol. The highest BCUT2D eigenvalue weighted by atomic mass is 19.3. The molecule has 0 bridgehead atoms. The van der Waals surface area contributed by atoms with Crippen molar-refractivity contribution in [3.05, 3.63) is 30.0 Å². The van der Waals surface area contributed by atoms with Crippen LogP contribution in [0.5, 0.6) is 0 Å². The number of allylic oxidation sites excluding steroid dienone is 2. The SMILES string of the molecule is FC1=C(c2ccco2)C(F)(F)C(F)(F)C1(F)F. The van der Waals surface area contributed by atoms with Crippen molar-refractivity contribution < 1.29 is 35.2 Å². The Morgan fingerprint density at radius 3 is 1.88 bits per heavy atom. The minimum absolute atomic E-state index is 0.695. The van der Waals surface area contributed by atoms with Crippen molar-refractivity contribution in [2.24, 2.45) is 0 Å². The summed E-state index contributed by atoms with van der Waals surface area (Å²) >= 11 is 0. The molecule has 0 saturated heterocycles. The van der Waals surface area contributed by atoms with E-state index in [1.807, 2.05) is 0 Å². The third kappa shape index (κ3) is 1.20. The number of furan rings is 1. The molecule has 0 fully saturated rings. The van der Waals surface area contributed by atoms with Crippen LogP contribution < -0.4 is 0 Å². The summed E-state index contributed by atoms with van der Waals surface area (Å²) in [4.78, 5) is 0. The smallest absolute Gasteiger partial charge is 0.383 e. The Hall–Kier alpha value is -1.47. The van der Waals surface area contributed by atoms with Gasteiger partial charge in [0.25, 0.3) is 0 Å². The van der Waals surface area contributed by atoms with Gasteiger partial charge in [0.2, 0.25) is 0 Å². The molecule has 0 N–H and O–H groups in total. The molecule has 94 valence electrons. The first kappa shape index (κ1) is 12.0. The van der Waals surface area contributed by atoms with Gasteiger partial charge >= 0.3 is 17.8 Å². The molecule has 1 aliphatic carbocycles. The first-order chi connectivity index (χ1) is 7.64. The lowest BCUT2D eigenvalue weighted by molar-refractivity contribution is -0.263. The predicted octanol–water partition coefficient (Wildman–Crippen LogP) is 3.88. The van der Waals surface area contributed by atoms with Gasteiger partial charge in [-0.25, -0.2) is 4.39 Å². The van der Waals surface area contributed by atoms with E-state index in [-0.39, 0.29) is 0 Å². The molecule has 1 aliphatic rings. The Labute approximate surface area is 89.5 Å². The lowest BCUT2D eigenvalue weighted by Gasteiger charge is -2.24. The van der Waals surface area contributed by atoms with Crippen molar-refractivity contribution in [2.75, 3.05) is 0 Å². The molecular weight excluding hydrogens is 257 g/mol. The molecule has 2 rings (SSSR count). The Kier molecular flexibility index (Phi) is 2.15. The Balaban J connectivity index is 2.70. The second-order valence-corrected chi connectivity index (χ2v) is 3.39. The van der Waals surface area contributed by atoms with Gasteiger partial charge in [0, 0.05) is 0 Å². The summed E-state index contributed by atoms with van der Waals surface area (Å²) in [6.45, 7) is 0. The molecule has 1 aromatic heterocycles. The van der Waals surface area contributed by atoms with Crippen LogP contribution in [0.1, 0.15) is 5.76 Å². The van der Waals surface area contributed by atoms with Gasteiger partial charge in [-0.2, -0.15) is 26.3 Å². The highest BCUT2D eigenvalue weighted by molar-refractivity contribution is 5.75. The summed E-state index contributed by atoms with van der Waals surface area (Å²) in [6, 6.07) is 1.68. The maximum atomic E-state index is 13.1. The molecule has 0 spiro atoms. The van der Waals surface area contributed by atoms with Gasteiger partial charge in [0.05, 0.1) is 6.26 Å². The van der Waals surface area contributed by atoms with E-state index in [0.717, 1.165) is 12.3 Å². The predicted molar refractivity (Wildman–Crippen MR) is 41.6 cm³/mol. The summed E-state index contributed by atoms with van der Waals surface area (Å²) in [6.07, 6.45) is 0.778. The zero-order valence-electron chi connectivity index (χ0n) is 7.79. The van der Waals surface area contributed by atoms with Gasteiger partial charge in [-0.3, -0.25) is 0 Å². The summed E-state index contributed by atoms with van der Waals surface area (Å²) in [5.41, 5.74) is -2.11. The van der Waals surface area contributed by atoms with E-state index in [2.05, 4.69) is 4.42 Å². The molecule has 0 aliphatic heterocycles. The van der Waals surface area contributed by atoms with Crippen LogP contribution in [0.25, 0.3) is 5.57 Å². The first-order valence-electron chi connectivity index (χ1n) is 4.22. The van der Waals surface area contributed by atoms with Crippen molar-refractivity contribution in [3.63, 3.8) is 0 Å². The number of hydrogen-bond donors (Lipinski definition) is 0. The molecule has 0 atom stereocenters. The summed E-state index contributed by atoms with van der Waals surface area (Å²) in [5.74, 6) is -20.6. The third-order valence-corrected chi connectivity index (χ3v) is 2.37. The van der Waals surface area contributed by atoms with E-state index in [1.54, 1.807) is 0 Å². The van der Waals surface area contributed by atoms with Crippen molar-refractivity contribution in [3.8, 4) is 0 Å². The van der Waals surface area contributed by atoms with Gasteiger partial charge in [-0.05, 0) is 12.1 Å². The van der Waals surface area contributed by atoms with E-state index in [9.17, 15) is 30.7 Å². The topological polar surface area (TPSA) is 13.1 Å². The van der Waals surface area contributed by atoms with Crippen LogP contribution in [0.15, 0.2) is 28.6 Å². The number of rotatable bonds is 1. The first-order valence-corrected chi connectivity index (χ1v) is 4.22. The molecule has 1 nitrogen and oxygen atoms in total. The molecule has 1 aromatic rings. The molecule has 17 heavy (non-hydrogen) atoms. The normalized spacial score (nSPS) is 25.4. The Bertz CT molecular complexity index is 472. The second kappa shape index (κ2) is 3.05. The molecule has 0 aromatic carbocycles. The minimum atomic E-state index is -5.83. The lowest BCUT2D eigenvalue weighted by atomic mass is 10.1. The molecule has 0 radical (unpaired) electrons. The van der Waals surface area contributed by atoms with Crippen molar-refractivity contribution in [2.45, 2.75) is 17.8 Å². The Morgan fingerprint density at radius 1 is 0.941 bits per heavy atom. The van der Waals surface area contributed by atoms with Gasteiger partial charge < -0.3 is 4.42 Å². The van der Waals surface area contributed by atoms with E-state index in [1.165, 1.54) is 0 Å². The fourth-order valence-corrected chi connectivity index (χ4v) is 1.47. The fourth-order valence-electron chi connectivity index (χ4n) is 1.47. The minimum Gasteiger partial charge on any atom is -0.464 e. The average molecular weight is 260 g/mol. The number of halogens is 7. The summed E-state index contributed by atoms with van der Waals surface area (Å²) in [5, 5.41) is 0. The number of alkyl halides is 6. The third-order valence-electron chi connectivity index (χ3n) is 2.37. The maximum absolute atomic E-state index is 13.1. The van der Waals surface area contributed by atoms with Crippen LogP contribution >= 0.6 is 0 Å². The van der Waals surface area contributed by atoms with Crippen LogP contribution in [-0.4, -0.2) is 17.8 Å². The second-order valence-electron chi connectivity index (χ2n) is 3.39. The average Bonchev–Trinajstić information content (AvgIpc) is 2.72. The largest absolute Gasteiger partial charge is 0.464 e. The zero-order valence-corrected chi connectivity index (χ0v) is 7.79. The van der Waals surface area contributed by atoms with Crippen LogP contribution in [0.4, 0.5) is 30.7 Å². The van der Waals surface area contributed by atoms with Gasteiger partial charge in [0.15, 0.2) is 5.83 Å². The highest BCUT2D eigenvalue weighted by Gasteiger charge is 2.81. The quantitative estimate of drug-likeness (QED) is 0.698. The van der Waals surface area contributed by atoms with Crippen LogP contribution in [0.2, 0.25) is 0 Å². The van der Waals surface area contributed by atoms with Gasteiger partial charge in [-0.15, -0.1) is 0 Å². The van der Waals surface area contributed by atoms with Crippen LogP contribution in [0, 0.1) is 0 Å². The molecule has 1 heterocycles. The molecule has 0 amide bonds. The zero-order chi connectivity index (χ0) is 13.1. The summed E-state index contributed by atoms with van der Waals surface area (Å²) in [7, 11) is 0. The van der Waals surface area contributed by atoms with Gasteiger partial charge in [0.1, 0.15) is 11.3 Å². The lowest BCUT2D eigenvalue weighted by Crippen LogP contribution is -2.48. The van der Waals surface area contributed by atoms with E-state index < -0.39 is 34.9 Å². The summed E-state index contributed by atoms with van der Waals surface area (Å²) < 4.78 is 94.5. The standard InChI is InChI=1S/C9H3F7O/c10-6-5(4-2-1-3-17-4)7(11,12)9(15,16)8(6,13)14/h1-3H. The molecule has 8 heteroatoms. The van der Waals surface area contributed by atoms with Gasteiger partial charge in [-0.1, -0.05) is 0 Å². The van der Waals surface area contributed by atoms with Crippen LogP contribution in [0.3, 0.4) is 0 Å². The van der Waals surface area contributed by atoms with Crippen LogP contribution in [-0.2, 0) is 0 Å². The van der Waals surface area contributed by atoms with Crippen molar-refractivity contribution in [1.82, 2.24) is 0 Å². The van der Waals surface area contributed by atoms with E-state index in [4.69, 9.17) is 0 Å². The number of hydrogen-bond acceptors (Lipinski definition) is 1. The van der Waals surface area contributed by atoms with E-state index in [0.29, 0.717) is 6.07 Å². The van der Waals surface area contributed by atoms with Crippen molar-refractivity contribution in [1.29, 1.82) is 0 Å². The fraction of sp³-hybridized carbons (Fsp3) is 0.333. The maximum Gasteiger partial charge on any atom is 0.383 e. The molecule has 0 saturated carbocycles. The van der Waals surface area contributed by atoms with E-state index >= 15 is 0 Å². The highest BCUT2D eigenvalue weighted by Crippen LogP contribution is 2.62. The van der Waals surface area contributed by atoms with Crippen molar-refractivity contribution >= 4 is 5.57 Å².